The molecule has 0 aromatic carbocycles. The SMILES string of the molecule is N#C/C=C/C1=C[C@H](O)[C@H](O)C=C1. The molecule has 0 aromatic heterocycles. The molecule has 3 nitrogen and oxygen atoms in total. The molecule has 0 aliphatic heterocycles. The maximum absolute atomic E-state index is 9.15. The lowest BCUT2D eigenvalue weighted by molar-refractivity contribution is 0.0789. The number of allylic oxidation sites excluding steroid dienone is 4. The second kappa shape index (κ2) is 3.86. The molecular formula is C9H9NO2. The zero-order valence-corrected chi connectivity index (χ0v) is 6.38. The van der Waals surface area contributed by atoms with E-state index in [-0.39, 0.29) is 0 Å². The van der Waals surface area contributed by atoms with E-state index in [4.69, 9.17) is 15.5 Å². The predicted octanol–water partition coefficient (Wildman–Crippen LogP) is 0.284. The topological polar surface area (TPSA) is 64.2 Å². The summed E-state index contributed by atoms with van der Waals surface area (Å²) in [5.74, 6) is 0. The van der Waals surface area contributed by atoms with Gasteiger partial charge in [0.25, 0.3) is 0 Å². The van der Waals surface area contributed by atoms with Gasteiger partial charge in [-0.15, -0.1) is 0 Å². The van der Waals surface area contributed by atoms with E-state index >= 15 is 0 Å². The summed E-state index contributed by atoms with van der Waals surface area (Å²) in [6.07, 6.45) is 5.84. The number of aliphatic hydroxyl groups excluding tert-OH is 2. The fraction of sp³-hybridized carbons (Fsp3) is 0.222. The highest BCUT2D eigenvalue weighted by Crippen LogP contribution is 2.11. The second-order valence-electron chi connectivity index (χ2n) is 2.47. The van der Waals surface area contributed by atoms with Crippen LogP contribution >= 0.6 is 0 Å². The largest absolute Gasteiger partial charge is 0.386 e. The van der Waals surface area contributed by atoms with Crippen LogP contribution in [0.5, 0.6) is 0 Å². The molecule has 62 valence electrons. The van der Waals surface area contributed by atoms with E-state index in [9.17, 15) is 0 Å². The molecule has 0 heterocycles. The summed E-state index contributed by atoms with van der Waals surface area (Å²) >= 11 is 0. The van der Waals surface area contributed by atoms with Crippen molar-refractivity contribution in [2.75, 3.05) is 0 Å². The van der Waals surface area contributed by atoms with E-state index in [2.05, 4.69) is 0 Å². The molecule has 0 saturated heterocycles. The maximum Gasteiger partial charge on any atom is 0.102 e. The van der Waals surface area contributed by atoms with Crippen LogP contribution in [0.4, 0.5) is 0 Å². The van der Waals surface area contributed by atoms with Gasteiger partial charge >= 0.3 is 0 Å². The van der Waals surface area contributed by atoms with Crippen LogP contribution in [0.25, 0.3) is 0 Å². The Bertz CT molecular complexity index is 283. The Morgan fingerprint density at radius 2 is 2.17 bits per heavy atom. The number of rotatable bonds is 1. The average molecular weight is 163 g/mol. The molecule has 2 N–H and O–H groups in total. The van der Waals surface area contributed by atoms with Crippen LogP contribution in [0.15, 0.2) is 36.0 Å². The van der Waals surface area contributed by atoms with Gasteiger partial charge in [0.15, 0.2) is 0 Å². The van der Waals surface area contributed by atoms with Crippen molar-refractivity contribution in [2.45, 2.75) is 12.2 Å². The first-order valence-electron chi connectivity index (χ1n) is 3.56. The van der Waals surface area contributed by atoms with Gasteiger partial charge in [0.1, 0.15) is 12.2 Å². The van der Waals surface area contributed by atoms with Gasteiger partial charge in [-0.1, -0.05) is 12.2 Å². The number of hydrogen-bond acceptors (Lipinski definition) is 3. The lowest BCUT2D eigenvalue weighted by atomic mass is 10.0. The van der Waals surface area contributed by atoms with E-state index in [1.165, 1.54) is 18.2 Å². The van der Waals surface area contributed by atoms with Gasteiger partial charge in [-0.25, -0.2) is 0 Å². The Balaban J connectivity index is 2.71. The van der Waals surface area contributed by atoms with Crippen LogP contribution in [-0.2, 0) is 0 Å². The van der Waals surface area contributed by atoms with E-state index in [1.807, 2.05) is 6.07 Å². The van der Waals surface area contributed by atoms with Gasteiger partial charge in [0.05, 0.1) is 6.07 Å². The molecule has 1 aliphatic carbocycles. The first-order chi connectivity index (χ1) is 5.74. The molecule has 1 rings (SSSR count). The second-order valence-corrected chi connectivity index (χ2v) is 2.47. The van der Waals surface area contributed by atoms with Crippen LogP contribution in [0, 0.1) is 11.3 Å². The van der Waals surface area contributed by atoms with Crippen LogP contribution in [0.2, 0.25) is 0 Å². The van der Waals surface area contributed by atoms with Gasteiger partial charge in [-0.3, -0.25) is 0 Å². The zero-order valence-electron chi connectivity index (χ0n) is 6.38. The molecule has 0 amide bonds. The molecule has 0 spiro atoms. The summed E-state index contributed by atoms with van der Waals surface area (Å²) in [5, 5.41) is 26.4. The smallest absolute Gasteiger partial charge is 0.102 e. The van der Waals surface area contributed by atoms with Crippen molar-refractivity contribution in [3.05, 3.63) is 36.0 Å². The quantitative estimate of drug-likeness (QED) is 0.546. The predicted molar refractivity (Wildman–Crippen MR) is 44.0 cm³/mol. The van der Waals surface area contributed by atoms with Crippen molar-refractivity contribution < 1.29 is 10.2 Å². The molecule has 2 atom stereocenters. The van der Waals surface area contributed by atoms with Crippen LogP contribution in [-0.4, -0.2) is 22.4 Å². The van der Waals surface area contributed by atoms with Gasteiger partial charge in [-0.05, 0) is 17.7 Å². The summed E-state index contributed by atoms with van der Waals surface area (Å²) < 4.78 is 0. The lowest BCUT2D eigenvalue weighted by Crippen LogP contribution is -2.23. The molecule has 12 heavy (non-hydrogen) atoms. The first kappa shape index (κ1) is 8.72. The molecule has 0 fully saturated rings. The summed E-state index contributed by atoms with van der Waals surface area (Å²) in [7, 11) is 0. The standard InChI is InChI=1S/C9H9NO2/c10-5-1-2-7-3-4-8(11)9(12)6-7/h1-4,6,8-9,11-12H/b2-1+/t8-,9+/m1/s1. The summed E-state index contributed by atoms with van der Waals surface area (Å²) in [4.78, 5) is 0. The number of aliphatic hydroxyl groups is 2. The lowest BCUT2D eigenvalue weighted by Gasteiger charge is -2.14. The maximum atomic E-state index is 9.15. The van der Waals surface area contributed by atoms with E-state index in [0.29, 0.717) is 0 Å². The van der Waals surface area contributed by atoms with E-state index in [1.54, 1.807) is 12.2 Å². The van der Waals surface area contributed by atoms with Crippen LogP contribution in [0.3, 0.4) is 0 Å². The van der Waals surface area contributed by atoms with Crippen molar-refractivity contribution in [1.82, 2.24) is 0 Å². The Morgan fingerprint density at radius 3 is 2.75 bits per heavy atom. The fourth-order valence-electron chi connectivity index (χ4n) is 0.919. The van der Waals surface area contributed by atoms with Crippen molar-refractivity contribution in [3.63, 3.8) is 0 Å². The Kier molecular flexibility index (Phi) is 2.81. The molecule has 0 radical (unpaired) electrons. The average Bonchev–Trinajstić information content (AvgIpc) is 2.07. The third kappa shape index (κ3) is 2.06. The van der Waals surface area contributed by atoms with Crippen molar-refractivity contribution in [2.24, 2.45) is 0 Å². The molecule has 1 aliphatic rings. The van der Waals surface area contributed by atoms with Crippen molar-refractivity contribution in [1.29, 1.82) is 5.26 Å². The van der Waals surface area contributed by atoms with E-state index < -0.39 is 12.2 Å². The summed E-state index contributed by atoms with van der Waals surface area (Å²) in [6.45, 7) is 0. The monoisotopic (exact) mass is 163 g/mol. The van der Waals surface area contributed by atoms with Crippen molar-refractivity contribution in [3.8, 4) is 6.07 Å². The first-order valence-corrected chi connectivity index (χ1v) is 3.56. The minimum absolute atomic E-state index is 0.731. The molecule has 3 heteroatoms. The van der Waals surface area contributed by atoms with Gasteiger partial charge in [-0.2, -0.15) is 5.26 Å². The highest BCUT2D eigenvalue weighted by atomic mass is 16.3. The van der Waals surface area contributed by atoms with E-state index in [0.717, 1.165) is 5.57 Å². The molecular weight excluding hydrogens is 154 g/mol. The molecule has 0 bridgehead atoms. The minimum atomic E-state index is -0.867. The Morgan fingerprint density at radius 1 is 1.42 bits per heavy atom. The molecule has 0 unspecified atom stereocenters. The highest BCUT2D eigenvalue weighted by molar-refractivity contribution is 5.37. The van der Waals surface area contributed by atoms with Gasteiger partial charge in [0.2, 0.25) is 0 Å². The number of nitriles is 1. The molecule has 0 saturated carbocycles. The van der Waals surface area contributed by atoms with Crippen molar-refractivity contribution >= 4 is 0 Å². The summed E-state index contributed by atoms with van der Waals surface area (Å²) in [5.41, 5.74) is 0.731. The van der Waals surface area contributed by atoms with Crippen LogP contribution in [0.1, 0.15) is 0 Å². The Labute approximate surface area is 70.6 Å². The number of hydrogen-bond donors (Lipinski definition) is 2. The highest BCUT2D eigenvalue weighted by Gasteiger charge is 2.13. The zero-order chi connectivity index (χ0) is 8.97. The number of nitrogens with zero attached hydrogens (tertiary/aromatic N) is 1. The van der Waals surface area contributed by atoms with Crippen LogP contribution < -0.4 is 0 Å². The fourth-order valence-corrected chi connectivity index (χ4v) is 0.919. The van der Waals surface area contributed by atoms with Gasteiger partial charge < -0.3 is 10.2 Å². The third-order valence-corrected chi connectivity index (χ3v) is 1.55. The third-order valence-electron chi connectivity index (χ3n) is 1.55. The Hall–Kier alpha value is -1.37. The summed E-state index contributed by atoms with van der Waals surface area (Å²) in [6, 6.07) is 1.84. The minimum Gasteiger partial charge on any atom is -0.386 e. The van der Waals surface area contributed by atoms with Gasteiger partial charge in [0, 0.05) is 6.08 Å². The molecule has 0 aromatic rings. The normalized spacial score (nSPS) is 28.6.